The Hall–Kier alpha value is -2.55. The van der Waals surface area contributed by atoms with E-state index in [1.54, 1.807) is 0 Å². The lowest BCUT2D eigenvalue weighted by molar-refractivity contribution is 0.0963. The molecule has 1 aromatic carbocycles. The van der Waals surface area contributed by atoms with E-state index in [1.165, 1.54) is 31.3 Å². The van der Waals surface area contributed by atoms with Crippen LogP contribution in [0.3, 0.4) is 0 Å². The number of nitrogens with zero attached hydrogens (tertiary/aromatic N) is 1. The Balaban J connectivity index is 2.22. The van der Waals surface area contributed by atoms with Gasteiger partial charge in [-0.25, -0.2) is 8.42 Å². The standard InChI is InChI=1S/C11H13N5O3S/c1-13-11(17)7-2-4-8(5-3-7)16-20(18,19)9-6-14-15-10(9)12/h2-6,16H,1H3,(H,13,17)(H3,12,14,15). The quantitative estimate of drug-likeness (QED) is 0.638. The van der Waals surface area contributed by atoms with Gasteiger partial charge < -0.3 is 11.1 Å². The molecule has 0 spiro atoms. The summed E-state index contributed by atoms with van der Waals surface area (Å²) >= 11 is 0. The zero-order chi connectivity index (χ0) is 14.8. The molecular formula is C11H13N5O3S. The number of anilines is 2. The Kier molecular flexibility index (Phi) is 3.61. The van der Waals surface area contributed by atoms with Crippen molar-refractivity contribution in [2.45, 2.75) is 4.90 Å². The summed E-state index contributed by atoms with van der Waals surface area (Å²) in [6.45, 7) is 0. The average Bonchev–Trinajstić information content (AvgIpc) is 2.85. The van der Waals surface area contributed by atoms with Crippen LogP contribution < -0.4 is 15.8 Å². The van der Waals surface area contributed by atoms with E-state index in [1.807, 2.05) is 0 Å². The number of nitrogens with one attached hydrogen (secondary N) is 3. The molecule has 1 amide bonds. The summed E-state index contributed by atoms with van der Waals surface area (Å²) in [4.78, 5) is 11.2. The van der Waals surface area contributed by atoms with Crippen molar-refractivity contribution in [1.82, 2.24) is 15.5 Å². The topological polar surface area (TPSA) is 130 Å². The molecule has 0 saturated carbocycles. The van der Waals surface area contributed by atoms with Crippen molar-refractivity contribution in [2.75, 3.05) is 17.5 Å². The number of rotatable bonds is 4. The second-order valence-electron chi connectivity index (χ2n) is 3.91. The van der Waals surface area contributed by atoms with Crippen molar-refractivity contribution in [2.24, 2.45) is 0 Å². The van der Waals surface area contributed by atoms with Gasteiger partial charge >= 0.3 is 0 Å². The molecule has 0 aliphatic carbocycles. The number of carbonyl (C=O) groups is 1. The highest BCUT2D eigenvalue weighted by Crippen LogP contribution is 2.19. The van der Waals surface area contributed by atoms with Crippen LogP contribution in [-0.4, -0.2) is 31.6 Å². The molecule has 0 unspecified atom stereocenters. The minimum Gasteiger partial charge on any atom is -0.383 e. The van der Waals surface area contributed by atoms with Crippen LogP contribution in [0.2, 0.25) is 0 Å². The van der Waals surface area contributed by atoms with Gasteiger partial charge in [-0.3, -0.25) is 14.6 Å². The largest absolute Gasteiger partial charge is 0.383 e. The second kappa shape index (κ2) is 5.21. The van der Waals surface area contributed by atoms with Gasteiger partial charge in [0.2, 0.25) is 0 Å². The van der Waals surface area contributed by atoms with Crippen molar-refractivity contribution < 1.29 is 13.2 Å². The predicted octanol–water partition coefficient (Wildman–Crippen LogP) is 0.152. The number of H-pyrrole nitrogens is 1. The molecule has 0 atom stereocenters. The highest BCUT2D eigenvalue weighted by atomic mass is 32.2. The zero-order valence-electron chi connectivity index (χ0n) is 10.5. The number of carbonyl (C=O) groups excluding carboxylic acids is 1. The fourth-order valence-corrected chi connectivity index (χ4v) is 2.63. The lowest BCUT2D eigenvalue weighted by Crippen LogP contribution is -2.18. The smallest absolute Gasteiger partial charge is 0.267 e. The molecule has 0 saturated heterocycles. The lowest BCUT2D eigenvalue weighted by Gasteiger charge is -2.07. The third-order valence-corrected chi connectivity index (χ3v) is 3.96. The number of sulfonamides is 1. The van der Waals surface area contributed by atoms with Crippen LogP contribution in [0.25, 0.3) is 0 Å². The van der Waals surface area contributed by atoms with Crippen molar-refractivity contribution in [3.05, 3.63) is 36.0 Å². The first kappa shape index (κ1) is 13.9. The first-order valence-electron chi connectivity index (χ1n) is 5.58. The van der Waals surface area contributed by atoms with Crippen molar-refractivity contribution in [3.8, 4) is 0 Å². The van der Waals surface area contributed by atoms with Gasteiger partial charge in [0.25, 0.3) is 15.9 Å². The highest BCUT2D eigenvalue weighted by Gasteiger charge is 2.19. The summed E-state index contributed by atoms with van der Waals surface area (Å²) in [5.74, 6) is -0.294. The Morgan fingerprint density at radius 1 is 1.30 bits per heavy atom. The summed E-state index contributed by atoms with van der Waals surface area (Å²) in [6, 6.07) is 5.99. The molecule has 0 radical (unpaired) electrons. The van der Waals surface area contributed by atoms with E-state index in [0.29, 0.717) is 11.3 Å². The van der Waals surface area contributed by atoms with E-state index in [0.717, 1.165) is 6.20 Å². The monoisotopic (exact) mass is 295 g/mol. The molecular weight excluding hydrogens is 282 g/mol. The molecule has 0 fully saturated rings. The fraction of sp³-hybridized carbons (Fsp3) is 0.0909. The van der Waals surface area contributed by atoms with Crippen molar-refractivity contribution >= 4 is 27.4 Å². The maximum absolute atomic E-state index is 12.0. The Morgan fingerprint density at radius 3 is 2.45 bits per heavy atom. The number of hydrogen-bond acceptors (Lipinski definition) is 5. The summed E-state index contributed by atoms with van der Waals surface area (Å²) in [7, 11) is -2.29. The number of nitrogens with two attached hydrogens (primary N) is 1. The molecule has 9 heteroatoms. The molecule has 0 bridgehead atoms. The van der Waals surface area contributed by atoms with E-state index in [-0.39, 0.29) is 16.6 Å². The van der Waals surface area contributed by atoms with E-state index in [2.05, 4.69) is 20.2 Å². The Bertz CT molecular complexity index is 721. The van der Waals surface area contributed by atoms with Gasteiger partial charge in [-0.2, -0.15) is 5.10 Å². The SMILES string of the molecule is CNC(=O)c1ccc(NS(=O)(=O)c2cn[nH]c2N)cc1. The first-order chi connectivity index (χ1) is 9.44. The van der Waals surface area contributed by atoms with Crippen LogP contribution in [-0.2, 0) is 10.0 Å². The minimum atomic E-state index is -3.81. The van der Waals surface area contributed by atoms with E-state index >= 15 is 0 Å². The van der Waals surface area contributed by atoms with Gasteiger partial charge in [-0.1, -0.05) is 0 Å². The molecule has 2 aromatic rings. The van der Waals surface area contributed by atoms with Gasteiger partial charge in [0, 0.05) is 18.3 Å². The summed E-state index contributed by atoms with van der Waals surface area (Å²) in [5, 5.41) is 8.38. The first-order valence-corrected chi connectivity index (χ1v) is 7.06. The molecule has 20 heavy (non-hydrogen) atoms. The van der Waals surface area contributed by atoms with Gasteiger partial charge in [0.15, 0.2) is 0 Å². The molecule has 1 aromatic heterocycles. The molecule has 5 N–H and O–H groups in total. The molecule has 1 heterocycles. The van der Waals surface area contributed by atoms with Crippen molar-refractivity contribution in [3.63, 3.8) is 0 Å². The lowest BCUT2D eigenvalue weighted by atomic mass is 10.2. The summed E-state index contributed by atoms with van der Waals surface area (Å²) in [6.07, 6.45) is 1.12. The average molecular weight is 295 g/mol. The number of amides is 1. The minimum absolute atomic E-state index is 0.0421. The fourth-order valence-electron chi connectivity index (χ4n) is 1.54. The van der Waals surface area contributed by atoms with Gasteiger partial charge in [0.05, 0.1) is 6.20 Å². The molecule has 0 aliphatic heterocycles. The van der Waals surface area contributed by atoms with Gasteiger partial charge in [-0.05, 0) is 24.3 Å². The van der Waals surface area contributed by atoms with E-state index in [4.69, 9.17) is 5.73 Å². The molecule has 106 valence electrons. The molecule has 8 nitrogen and oxygen atoms in total. The third kappa shape index (κ3) is 2.72. The van der Waals surface area contributed by atoms with E-state index < -0.39 is 10.0 Å². The number of benzene rings is 1. The predicted molar refractivity (Wildman–Crippen MR) is 73.6 cm³/mol. The van der Waals surface area contributed by atoms with Crippen LogP contribution >= 0.6 is 0 Å². The van der Waals surface area contributed by atoms with Gasteiger partial charge in [-0.15, -0.1) is 0 Å². The molecule has 0 aliphatic rings. The zero-order valence-corrected chi connectivity index (χ0v) is 11.4. The maximum Gasteiger partial charge on any atom is 0.267 e. The highest BCUT2D eigenvalue weighted by molar-refractivity contribution is 7.92. The third-order valence-electron chi connectivity index (χ3n) is 2.55. The van der Waals surface area contributed by atoms with Crippen LogP contribution in [0.4, 0.5) is 11.5 Å². The summed E-state index contributed by atoms with van der Waals surface area (Å²) in [5.41, 5.74) is 6.22. The number of aromatic amines is 1. The number of aromatic nitrogens is 2. The van der Waals surface area contributed by atoms with Crippen LogP contribution in [0.5, 0.6) is 0 Å². The maximum atomic E-state index is 12.0. The Morgan fingerprint density at radius 2 is 1.95 bits per heavy atom. The Labute approximate surface area is 115 Å². The normalized spacial score (nSPS) is 11.1. The second-order valence-corrected chi connectivity index (χ2v) is 5.56. The van der Waals surface area contributed by atoms with Crippen LogP contribution in [0.15, 0.2) is 35.4 Å². The van der Waals surface area contributed by atoms with Crippen LogP contribution in [0, 0.1) is 0 Å². The van der Waals surface area contributed by atoms with Crippen molar-refractivity contribution in [1.29, 1.82) is 0 Å². The van der Waals surface area contributed by atoms with Crippen LogP contribution in [0.1, 0.15) is 10.4 Å². The van der Waals surface area contributed by atoms with E-state index in [9.17, 15) is 13.2 Å². The number of nitrogen functional groups attached to an aromatic ring is 1. The summed E-state index contributed by atoms with van der Waals surface area (Å²) < 4.78 is 26.4. The molecule has 2 rings (SSSR count). The number of hydrogen-bond donors (Lipinski definition) is 4. The van der Waals surface area contributed by atoms with Gasteiger partial charge in [0.1, 0.15) is 10.7 Å².